The molecule has 0 saturated carbocycles. The fourth-order valence-electron chi connectivity index (χ4n) is 16.3. The lowest BCUT2D eigenvalue weighted by atomic mass is 10.0. The second-order valence-electron chi connectivity index (χ2n) is 31.5. The van der Waals surface area contributed by atoms with Crippen molar-refractivity contribution in [1.82, 2.24) is 71.5 Å². The van der Waals surface area contributed by atoms with Crippen LogP contribution < -0.4 is 77.4 Å². The molecule has 24 amide bonds. The number of rotatable bonds is 7. The molecule has 0 aliphatic carbocycles. The minimum atomic E-state index is -2.41. The Morgan fingerprint density at radius 3 is 0.676 bits per heavy atom. The van der Waals surface area contributed by atoms with E-state index in [2.05, 4.69) is 16.0 Å². The maximum absolute atomic E-state index is 12.5. The Morgan fingerprint density at radius 1 is 0.221 bits per heavy atom. The number of anilines is 7. The number of nitrogen functional groups attached to an aromatic ring is 7. The standard InChI is InChI=1S/3C13H11N3O4.4C13H13N3O3/c3*14-7-3-1-2-6-10(7)13(20)16(12(6)19)8-4-5-9(17)15-11(8)18;4*14-9-3-1-2-7-8(9)6-16(13(7)19)10-4-5-11(17)15-12(10)18/h3*1-3,8H,4-5,14H2,(H,15,17,18);4*1-3,10H,4-6,14H2,(H,15,17,18)/t2*8-;;2*10-;;/m00.00../s1/i8D;;8D;6D2,10D;6D2;6D2,10D;6D2. The predicted molar refractivity (Wildman–Crippen MR) is 470 cm³/mol. The zero-order valence-electron chi connectivity index (χ0n) is 82.7. The first-order valence-corrected chi connectivity index (χ1v) is 41.4. The first-order chi connectivity index (χ1) is 69.3. The first-order valence-electron chi connectivity index (χ1n) is 47.4. The zero-order chi connectivity index (χ0) is 108. The third kappa shape index (κ3) is 17.8. The van der Waals surface area contributed by atoms with Gasteiger partial charge in [0, 0.05) is 155 Å². The van der Waals surface area contributed by atoms with Gasteiger partial charge in [-0.15, -0.1) is 0 Å². The van der Waals surface area contributed by atoms with Gasteiger partial charge in [-0.25, -0.2) is 0 Å². The Balaban J connectivity index is 0.000000129. The summed E-state index contributed by atoms with van der Waals surface area (Å²) >= 11 is 0. The van der Waals surface area contributed by atoms with Crippen LogP contribution in [0.25, 0.3) is 0 Å². The van der Waals surface area contributed by atoms with E-state index in [1.165, 1.54) is 109 Å². The summed E-state index contributed by atoms with van der Waals surface area (Å²) in [6.07, 6.45) is -0.926. The molecule has 7 saturated heterocycles. The van der Waals surface area contributed by atoms with E-state index < -0.39 is 210 Å². The van der Waals surface area contributed by atoms with Gasteiger partial charge in [0.15, 0.2) is 0 Å². The molecule has 45 heteroatoms. The SMILES string of the molecule is Nc1cccc2c1C(=O)N([C@H]1CCC(=O)NC1=O)C2=O.[2H]C1(N2C(=O)c3cccc(N)c3C2([2H])[2H])CCC(=O)NC1=O.[2H]C1(N2C(=O)c3cccc(N)c3C2=O)CCC(=O)NC1=O.[2H]C1([2H])c2c(N)cccc2C(=O)N1C1CCC(=O)NC1=O.[2H]C1([2H])c2c(N)cccc2C(=O)N1[C@@]1([2H])CCC(=O)NC1=O.[2H]C1([2H])c2c(N)cccc2C(=O)N1[C@H]1CCC(=O)NC1=O.[2H][C@]1(N2C(=O)c3cccc(N)c3C2=O)CCC(=O)NC1=O. The van der Waals surface area contributed by atoms with Crippen molar-refractivity contribution >= 4 is 182 Å². The summed E-state index contributed by atoms with van der Waals surface area (Å²) in [7, 11) is 0. The molecule has 45 nitrogen and oxygen atoms in total. The highest BCUT2D eigenvalue weighted by Crippen LogP contribution is 2.39. The summed E-state index contributed by atoms with van der Waals surface area (Å²) in [4.78, 5) is 291. The number of piperidine rings is 7. The number of nitrogens with one attached hydrogen (secondary N) is 7. The number of amides is 24. The molecule has 0 aromatic heterocycles. The molecule has 14 aliphatic rings. The summed E-state index contributed by atoms with van der Waals surface area (Å²) in [5.41, 5.74) is 42.0. The van der Waals surface area contributed by atoms with Crippen LogP contribution in [0.3, 0.4) is 0 Å². The smallest absolute Gasteiger partial charge is 0.264 e. The summed E-state index contributed by atoms with van der Waals surface area (Å²) in [6, 6.07) is 19.6. The van der Waals surface area contributed by atoms with Gasteiger partial charge < -0.3 is 59.7 Å². The Morgan fingerprint density at radius 2 is 0.426 bits per heavy atom. The van der Waals surface area contributed by atoms with Gasteiger partial charge in [-0.1, -0.05) is 42.5 Å². The third-order valence-corrected chi connectivity index (χ3v) is 23.0. The van der Waals surface area contributed by atoms with Gasteiger partial charge in [0.2, 0.25) is 82.7 Å². The molecule has 7 aromatic carbocycles. The number of nitrogens with two attached hydrogens (primary N) is 7. The van der Waals surface area contributed by atoms with Gasteiger partial charge in [0.05, 0.1) is 49.8 Å². The van der Waals surface area contributed by atoms with Crippen molar-refractivity contribution in [3.05, 3.63) is 205 Å². The molecule has 0 bridgehead atoms. The van der Waals surface area contributed by atoms with Crippen LogP contribution in [0, 0.1) is 0 Å². The molecule has 0 spiro atoms. The van der Waals surface area contributed by atoms with Crippen molar-refractivity contribution in [2.75, 3.05) is 40.1 Å². The molecule has 14 aliphatic heterocycles. The van der Waals surface area contributed by atoms with E-state index in [9.17, 15) is 115 Å². The van der Waals surface area contributed by atoms with Crippen LogP contribution in [0.1, 0.15) is 232 Å². The number of nitrogens with zero attached hydrogens (tertiary/aromatic N) is 7. The van der Waals surface area contributed by atoms with E-state index in [0.717, 1.165) is 14.7 Å². The second kappa shape index (κ2) is 37.7. The second-order valence-corrected chi connectivity index (χ2v) is 31.5. The van der Waals surface area contributed by atoms with Gasteiger partial charge in [-0.2, -0.15) is 0 Å². The highest BCUT2D eigenvalue weighted by Gasteiger charge is 2.51. The summed E-state index contributed by atoms with van der Waals surface area (Å²) in [5.74, 6) is -16.2. The lowest BCUT2D eigenvalue weighted by Gasteiger charge is -2.29. The van der Waals surface area contributed by atoms with Crippen molar-refractivity contribution in [2.45, 2.75) is 158 Å². The quantitative estimate of drug-likeness (QED) is 0.0681. The largest absolute Gasteiger partial charge is 0.398 e. The van der Waals surface area contributed by atoms with E-state index in [4.69, 9.17) is 56.6 Å². The van der Waals surface area contributed by atoms with Gasteiger partial charge in [0.25, 0.3) is 59.1 Å². The zero-order valence-corrected chi connectivity index (χ0v) is 70.7. The molecular weight excluding hydrogens is 1770 g/mol. The molecule has 7 aromatic rings. The van der Waals surface area contributed by atoms with E-state index in [1.54, 1.807) is 18.2 Å². The minimum absolute atomic E-state index is 0.00109. The molecule has 698 valence electrons. The molecule has 136 heavy (non-hydrogen) atoms. The molecule has 3 unspecified atom stereocenters. The number of carbonyl (C=O) groups is 24. The van der Waals surface area contributed by atoms with E-state index in [-0.39, 0.29) is 208 Å². The summed E-state index contributed by atoms with van der Waals surface area (Å²) in [5, 5.41) is 14.4. The molecule has 7 atom stereocenters. The number of hydrogen-bond donors (Lipinski definition) is 14. The van der Waals surface area contributed by atoms with Crippen LogP contribution in [-0.2, 0) is 93.1 Å². The molecular formula is C91H85N21O24. The van der Waals surface area contributed by atoms with Crippen molar-refractivity contribution in [1.29, 1.82) is 0 Å². The number of hydrogen-bond acceptors (Lipinski definition) is 31. The number of carbonyl (C=O) groups excluding carboxylic acids is 24. The fraction of sp³-hybridized carbons (Fsp3) is 0.275. The Labute approximate surface area is 785 Å². The van der Waals surface area contributed by atoms with Gasteiger partial charge in [-0.05, 0) is 130 Å². The van der Waals surface area contributed by atoms with Gasteiger partial charge in [0.1, 0.15) is 42.2 Å². The third-order valence-electron chi connectivity index (χ3n) is 23.0. The van der Waals surface area contributed by atoms with Gasteiger partial charge >= 0.3 is 0 Å². The van der Waals surface area contributed by atoms with Crippen LogP contribution >= 0.6 is 0 Å². The van der Waals surface area contributed by atoms with Crippen molar-refractivity contribution in [2.24, 2.45) is 0 Å². The van der Waals surface area contributed by atoms with Crippen LogP contribution in [0.2, 0.25) is 0 Å². The monoisotopic (exact) mass is 1870 g/mol. The Kier molecular flexibility index (Phi) is 21.7. The minimum Gasteiger partial charge on any atom is -0.398 e. The fourth-order valence-corrected chi connectivity index (χ4v) is 16.3. The topological polar surface area (TPSA) is 699 Å². The van der Waals surface area contributed by atoms with Crippen LogP contribution in [0.15, 0.2) is 127 Å². The highest BCUT2D eigenvalue weighted by atomic mass is 16.2. The normalized spacial score (nSPS) is 27.2. The number of benzene rings is 7. The molecule has 7 fully saturated rings. The van der Waals surface area contributed by atoms with Gasteiger partial charge in [-0.3, -0.25) is 167 Å². The Bertz CT molecular complexity index is 6880. The highest BCUT2D eigenvalue weighted by molar-refractivity contribution is 6.28. The first kappa shape index (κ1) is 78.3. The molecule has 14 heterocycles. The molecule has 0 radical (unpaired) electrons. The van der Waals surface area contributed by atoms with Crippen LogP contribution in [0.5, 0.6) is 0 Å². The lowest BCUT2D eigenvalue weighted by Crippen LogP contribution is -2.54. The van der Waals surface area contributed by atoms with E-state index in [0.29, 0.717) is 19.6 Å². The average Bonchev–Trinajstić information content (AvgIpc) is 1.56. The van der Waals surface area contributed by atoms with E-state index in [1.807, 2.05) is 21.3 Å². The van der Waals surface area contributed by atoms with Crippen molar-refractivity contribution < 1.29 is 132 Å². The number of imide groups is 10. The molecule has 21 N–H and O–H groups in total. The maximum Gasteiger partial charge on any atom is 0.264 e. The molecule has 21 rings (SSSR count). The number of fused-ring (bicyclic) bond motifs is 7. The Hall–Kier alpha value is -17.6. The van der Waals surface area contributed by atoms with Crippen LogP contribution in [-0.4, -0.2) is 218 Å². The van der Waals surface area contributed by atoms with Crippen molar-refractivity contribution in [3.63, 3.8) is 0 Å². The van der Waals surface area contributed by atoms with E-state index >= 15 is 0 Å². The summed E-state index contributed by atoms with van der Waals surface area (Å²) < 4.78 is 98.6. The van der Waals surface area contributed by atoms with Crippen LogP contribution in [0.4, 0.5) is 39.8 Å². The van der Waals surface area contributed by atoms with Crippen molar-refractivity contribution in [3.8, 4) is 0 Å². The predicted octanol–water partition coefficient (Wildman–Crippen LogP) is -0.871. The average molecular weight is 1870 g/mol. The lowest BCUT2D eigenvalue weighted by molar-refractivity contribution is -0.138. The maximum atomic E-state index is 12.5. The summed E-state index contributed by atoms with van der Waals surface area (Å²) in [6.45, 7) is -9.17.